The lowest BCUT2D eigenvalue weighted by atomic mass is 10.1. The van der Waals surface area contributed by atoms with Crippen molar-refractivity contribution in [3.63, 3.8) is 0 Å². The van der Waals surface area contributed by atoms with Gasteiger partial charge >= 0.3 is 0 Å². The Labute approximate surface area is 185 Å². The Morgan fingerprint density at radius 1 is 0.969 bits per heavy atom. The fourth-order valence-electron chi connectivity index (χ4n) is 3.95. The van der Waals surface area contributed by atoms with Crippen molar-refractivity contribution in [2.75, 3.05) is 26.2 Å². The molecular formula is C22H17ClFN5O3. The van der Waals surface area contributed by atoms with Gasteiger partial charge < -0.3 is 14.8 Å². The van der Waals surface area contributed by atoms with Crippen molar-refractivity contribution >= 4 is 40.0 Å². The van der Waals surface area contributed by atoms with E-state index < -0.39 is 5.82 Å². The summed E-state index contributed by atoms with van der Waals surface area (Å²) in [5, 5.41) is 4.82. The molecule has 2 aromatic heterocycles. The van der Waals surface area contributed by atoms with Crippen molar-refractivity contribution in [2.24, 2.45) is 0 Å². The van der Waals surface area contributed by atoms with Gasteiger partial charge in [-0.05, 0) is 30.3 Å². The second-order valence-corrected chi connectivity index (χ2v) is 7.91. The Morgan fingerprint density at radius 3 is 2.31 bits per heavy atom. The summed E-state index contributed by atoms with van der Waals surface area (Å²) in [6, 6.07) is 10.7. The summed E-state index contributed by atoms with van der Waals surface area (Å²) < 4.78 is 14.8. The Hall–Kier alpha value is -3.72. The van der Waals surface area contributed by atoms with E-state index in [1.54, 1.807) is 38.6 Å². The number of carbonyl (C=O) groups excluding carboxylic acids is 2. The van der Waals surface area contributed by atoms with Crippen molar-refractivity contribution in [1.29, 1.82) is 0 Å². The number of fused-ring (bicyclic) bond motifs is 3. The molecule has 2 amide bonds. The monoisotopic (exact) mass is 453 g/mol. The van der Waals surface area contributed by atoms with E-state index in [0.29, 0.717) is 42.7 Å². The minimum atomic E-state index is -0.513. The molecule has 4 aromatic rings. The lowest BCUT2D eigenvalue weighted by molar-refractivity contribution is 0.0536. The van der Waals surface area contributed by atoms with E-state index in [9.17, 15) is 18.8 Å². The van der Waals surface area contributed by atoms with Crippen molar-refractivity contribution < 1.29 is 14.0 Å². The fraction of sp³-hybridized carbons (Fsp3) is 0.182. The van der Waals surface area contributed by atoms with E-state index in [1.165, 1.54) is 18.3 Å². The molecule has 5 rings (SSSR count). The third-order valence-electron chi connectivity index (χ3n) is 5.62. The molecule has 8 nitrogen and oxygen atoms in total. The van der Waals surface area contributed by atoms with Crippen molar-refractivity contribution in [1.82, 2.24) is 24.4 Å². The number of amides is 2. The molecule has 0 bridgehead atoms. The van der Waals surface area contributed by atoms with Crippen LogP contribution in [0.25, 0.3) is 16.6 Å². The molecule has 0 saturated carbocycles. The van der Waals surface area contributed by atoms with Crippen LogP contribution in [0, 0.1) is 5.82 Å². The van der Waals surface area contributed by atoms with E-state index in [0.717, 1.165) is 6.07 Å². The number of aromatic amines is 1. The highest BCUT2D eigenvalue weighted by atomic mass is 35.5. The second kappa shape index (κ2) is 7.76. The van der Waals surface area contributed by atoms with Crippen LogP contribution in [-0.4, -0.2) is 62.4 Å². The normalized spacial score (nSPS) is 14.3. The predicted octanol–water partition coefficient (Wildman–Crippen LogP) is 2.57. The highest BCUT2D eigenvalue weighted by molar-refractivity contribution is 6.33. The first-order chi connectivity index (χ1) is 15.4. The van der Waals surface area contributed by atoms with Crippen LogP contribution in [0.4, 0.5) is 4.39 Å². The predicted molar refractivity (Wildman–Crippen MR) is 117 cm³/mol. The number of carbonyl (C=O) groups is 2. The molecule has 0 radical (unpaired) electrons. The van der Waals surface area contributed by atoms with Crippen LogP contribution in [0.5, 0.6) is 0 Å². The summed E-state index contributed by atoms with van der Waals surface area (Å²) in [6.07, 6.45) is 1.44. The maximum atomic E-state index is 13.3. The number of nitrogens with zero attached hydrogens (tertiary/aromatic N) is 4. The summed E-state index contributed by atoms with van der Waals surface area (Å²) in [5.41, 5.74) is 1.15. The van der Waals surface area contributed by atoms with Crippen LogP contribution >= 0.6 is 11.6 Å². The van der Waals surface area contributed by atoms with E-state index in [-0.39, 0.29) is 33.5 Å². The van der Waals surface area contributed by atoms with Gasteiger partial charge in [-0.2, -0.15) is 5.10 Å². The van der Waals surface area contributed by atoms with Gasteiger partial charge in [0.05, 0.1) is 27.7 Å². The third kappa shape index (κ3) is 3.31. The average Bonchev–Trinajstić information content (AvgIpc) is 3.22. The molecule has 1 aliphatic rings. The van der Waals surface area contributed by atoms with Gasteiger partial charge in [0, 0.05) is 26.2 Å². The fourth-order valence-corrected chi connectivity index (χ4v) is 4.20. The number of halogens is 2. The number of nitrogens with one attached hydrogen (secondary N) is 1. The zero-order valence-electron chi connectivity index (χ0n) is 16.7. The van der Waals surface area contributed by atoms with Gasteiger partial charge in [-0.25, -0.2) is 8.91 Å². The highest BCUT2D eigenvalue weighted by Crippen LogP contribution is 2.21. The van der Waals surface area contributed by atoms with Crippen LogP contribution in [0.2, 0.25) is 5.02 Å². The van der Waals surface area contributed by atoms with Crippen LogP contribution in [0.15, 0.2) is 53.5 Å². The summed E-state index contributed by atoms with van der Waals surface area (Å²) in [4.78, 5) is 44.3. The molecule has 0 atom stereocenters. The summed E-state index contributed by atoms with van der Waals surface area (Å²) >= 11 is 6.01. The Morgan fingerprint density at radius 2 is 1.62 bits per heavy atom. The molecule has 162 valence electrons. The van der Waals surface area contributed by atoms with Crippen LogP contribution in [-0.2, 0) is 0 Å². The molecule has 32 heavy (non-hydrogen) atoms. The number of rotatable bonds is 2. The minimum absolute atomic E-state index is 0.0519. The molecule has 2 aromatic carbocycles. The summed E-state index contributed by atoms with van der Waals surface area (Å²) in [6.45, 7) is 1.21. The van der Waals surface area contributed by atoms with Crippen molar-refractivity contribution in [3.05, 3.63) is 81.0 Å². The molecule has 1 aliphatic heterocycles. The molecule has 3 heterocycles. The maximum absolute atomic E-state index is 13.3. The van der Waals surface area contributed by atoms with E-state index in [2.05, 4.69) is 10.1 Å². The molecule has 1 N–H and O–H groups in total. The molecule has 0 unspecified atom stereocenters. The first-order valence-corrected chi connectivity index (χ1v) is 10.3. The third-order valence-corrected chi connectivity index (χ3v) is 5.94. The molecule has 1 fully saturated rings. The number of piperazine rings is 1. The second-order valence-electron chi connectivity index (χ2n) is 7.50. The number of H-pyrrole nitrogens is 1. The van der Waals surface area contributed by atoms with Gasteiger partial charge in [-0.1, -0.05) is 23.7 Å². The molecule has 10 heteroatoms. The largest absolute Gasteiger partial charge is 0.335 e. The Balaban J connectivity index is 1.36. The van der Waals surface area contributed by atoms with Crippen molar-refractivity contribution in [3.8, 4) is 0 Å². The average molecular weight is 454 g/mol. The Kier molecular flexibility index (Phi) is 4.90. The Bertz CT molecular complexity index is 1440. The SMILES string of the molecule is O=C(c1ccc(F)cc1Cl)N1CCN(C(=O)c2cnn3c2[nH]c(=O)c2ccccc23)CC1. The van der Waals surface area contributed by atoms with Gasteiger partial charge in [0.2, 0.25) is 0 Å². The highest BCUT2D eigenvalue weighted by Gasteiger charge is 2.28. The van der Waals surface area contributed by atoms with E-state index >= 15 is 0 Å². The number of aromatic nitrogens is 3. The molecular weight excluding hydrogens is 437 g/mol. The topological polar surface area (TPSA) is 90.8 Å². The molecule has 0 spiro atoms. The number of benzene rings is 2. The van der Waals surface area contributed by atoms with Gasteiger partial charge in [0.25, 0.3) is 17.4 Å². The summed E-state index contributed by atoms with van der Waals surface area (Å²) in [5.74, 6) is -1.10. The maximum Gasteiger partial charge on any atom is 0.259 e. The van der Waals surface area contributed by atoms with Crippen LogP contribution in [0.1, 0.15) is 20.7 Å². The van der Waals surface area contributed by atoms with Gasteiger partial charge in [0.15, 0.2) is 0 Å². The van der Waals surface area contributed by atoms with Gasteiger partial charge in [-0.3, -0.25) is 14.4 Å². The van der Waals surface area contributed by atoms with Crippen LogP contribution in [0.3, 0.4) is 0 Å². The number of para-hydroxylation sites is 1. The van der Waals surface area contributed by atoms with Gasteiger partial charge in [0.1, 0.15) is 17.0 Å². The standard InChI is InChI=1S/C22H17ClFN5O3/c23-17-11-13(24)5-6-14(17)21(31)27-7-9-28(10-8-27)22(32)16-12-25-29-18-4-2-1-3-15(18)20(30)26-19(16)29/h1-6,11-12H,7-10H2,(H,26,30). The lowest BCUT2D eigenvalue weighted by Crippen LogP contribution is -2.50. The molecule has 1 saturated heterocycles. The first-order valence-electron chi connectivity index (χ1n) is 9.96. The van der Waals surface area contributed by atoms with E-state index in [1.807, 2.05) is 0 Å². The first kappa shape index (κ1) is 20.2. The van der Waals surface area contributed by atoms with Crippen molar-refractivity contribution in [2.45, 2.75) is 0 Å². The zero-order chi connectivity index (χ0) is 22.4. The minimum Gasteiger partial charge on any atom is -0.335 e. The van der Waals surface area contributed by atoms with Crippen LogP contribution < -0.4 is 5.56 Å². The van der Waals surface area contributed by atoms with E-state index in [4.69, 9.17) is 11.6 Å². The quantitative estimate of drug-likeness (QED) is 0.505. The summed E-state index contributed by atoms with van der Waals surface area (Å²) in [7, 11) is 0. The number of hydrogen-bond acceptors (Lipinski definition) is 4. The number of hydrogen-bond donors (Lipinski definition) is 1. The molecule has 0 aliphatic carbocycles. The zero-order valence-corrected chi connectivity index (χ0v) is 17.5. The smallest absolute Gasteiger partial charge is 0.259 e. The lowest BCUT2D eigenvalue weighted by Gasteiger charge is -2.34. The van der Waals surface area contributed by atoms with Gasteiger partial charge in [-0.15, -0.1) is 0 Å².